The van der Waals surface area contributed by atoms with Crippen LogP contribution in [0.2, 0.25) is 0 Å². The molecule has 1 aliphatic carbocycles. The van der Waals surface area contributed by atoms with Crippen LogP contribution in [0, 0.1) is 0 Å². The average Bonchev–Trinajstić information content (AvgIpc) is 2.93. The molecule has 0 saturated heterocycles. The molecule has 3 rings (SSSR count). The van der Waals surface area contributed by atoms with Crippen LogP contribution in [0.15, 0.2) is 54.6 Å². The quantitative estimate of drug-likeness (QED) is 0.836. The lowest BCUT2D eigenvalue weighted by molar-refractivity contribution is 0.324. The third-order valence-corrected chi connectivity index (χ3v) is 3.27. The summed E-state index contributed by atoms with van der Waals surface area (Å²) >= 11 is 0. The number of nitrogens with zero attached hydrogens (tertiary/aromatic N) is 2. The fourth-order valence-corrected chi connectivity index (χ4v) is 2.35. The van der Waals surface area contributed by atoms with E-state index in [1.807, 2.05) is 35.9 Å². The molecule has 3 nitrogen and oxygen atoms in total. The Balaban J connectivity index is 2.07. The summed E-state index contributed by atoms with van der Waals surface area (Å²) in [6.07, 6.45) is 8.82. The molecular formula is C17H18N2O. The van der Waals surface area contributed by atoms with Crippen molar-refractivity contribution in [3.8, 4) is 11.6 Å². The van der Waals surface area contributed by atoms with Crippen molar-refractivity contribution in [3.05, 3.63) is 60.3 Å². The van der Waals surface area contributed by atoms with Gasteiger partial charge in [0.1, 0.15) is 0 Å². The first-order valence-electron chi connectivity index (χ1n) is 7.04. The smallest absolute Gasteiger partial charge is 0.233 e. The number of hydrogen-bond donors (Lipinski definition) is 0. The lowest BCUT2D eigenvalue weighted by Gasteiger charge is -2.10. The first-order chi connectivity index (χ1) is 9.88. The molecule has 1 aromatic heterocycles. The molecule has 0 N–H and O–H groups in total. The minimum Gasteiger partial charge on any atom is -0.477 e. The van der Waals surface area contributed by atoms with Gasteiger partial charge in [0.05, 0.1) is 18.0 Å². The fraction of sp³-hybridized carbons (Fsp3) is 0.235. The Morgan fingerprint density at radius 3 is 2.75 bits per heavy atom. The molecular weight excluding hydrogens is 248 g/mol. The Hall–Kier alpha value is -2.29. The Kier molecular flexibility index (Phi) is 3.68. The van der Waals surface area contributed by atoms with E-state index in [2.05, 4.69) is 35.5 Å². The Morgan fingerprint density at radius 2 is 2.05 bits per heavy atom. The zero-order valence-corrected chi connectivity index (χ0v) is 11.6. The molecule has 0 atom stereocenters. The predicted octanol–water partition coefficient (Wildman–Crippen LogP) is 4.00. The van der Waals surface area contributed by atoms with Gasteiger partial charge in [-0.2, -0.15) is 0 Å². The van der Waals surface area contributed by atoms with Crippen LogP contribution in [0.3, 0.4) is 0 Å². The summed E-state index contributed by atoms with van der Waals surface area (Å²) in [5.74, 6) is 0.672. The molecule has 2 aromatic rings. The molecule has 0 radical (unpaired) electrons. The molecule has 0 fully saturated rings. The summed E-state index contributed by atoms with van der Waals surface area (Å²) in [6.45, 7) is 2.60. The molecule has 1 aromatic carbocycles. The van der Waals surface area contributed by atoms with Crippen molar-refractivity contribution >= 4 is 5.57 Å². The van der Waals surface area contributed by atoms with E-state index in [1.165, 1.54) is 5.57 Å². The first kappa shape index (κ1) is 12.7. The Bertz CT molecular complexity index is 638. The monoisotopic (exact) mass is 266 g/mol. The number of benzene rings is 1. The van der Waals surface area contributed by atoms with Crippen molar-refractivity contribution in [2.45, 2.75) is 19.8 Å². The van der Waals surface area contributed by atoms with E-state index >= 15 is 0 Å². The summed E-state index contributed by atoms with van der Waals surface area (Å²) in [5, 5.41) is 4.57. The number of hydrogen-bond acceptors (Lipinski definition) is 2. The molecule has 0 amide bonds. The van der Waals surface area contributed by atoms with Gasteiger partial charge in [-0.15, -0.1) is 5.10 Å². The molecule has 0 bridgehead atoms. The molecule has 1 heterocycles. The maximum absolute atomic E-state index is 5.56. The van der Waals surface area contributed by atoms with Gasteiger partial charge in [0.2, 0.25) is 5.88 Å². The van der Waals surface area contributed by atoms with Crippen molar-refractivity contribution < 1.29 is 4.74 Å². The van der Waals surface area contributed by atoms with E-state index < -0.39 is 0 Å². The highest BCUT2D eigenvalue weighted by atomic mass is 16.5. The van der Waals surface area contributed by atoms with Crippen LogP contribution in [-0.2, 0) is 0 Å². The van der Waals surface area contributed by atoms with E-state index in [-0.39, 0.29) is 0 Å². The number of aromatic nitrogens is 2. The second-order valence-electron chi connectivity index (χ2n) is 4.69. The van der Waals surface area contributed by atoms with Crippen LogP contribution < -0.4 is 4.74 Å². The van der Waals surface area contributed by atoms with E-state index in [4.69, 9.17) is 4.74 Å². The van der Waals surface area contributed by atoms with Gasteiger partial charge in [0.15, 0.2) is 0 Å². The highest BCUT2D eigenvalue weighted by molar-refractivity contribution is 5.74. The second-order valence-corrected chi connectivity index (χ2v) is 4.69. The van der Waals surface area contributed by atoms with Crippen molar-refractivity contribution in [1.82, 2.24) is 9.78 Å². The topological polar surface area (TPSA) is 27.1 Å². The fourth-order valence-electron chi connectivity index (χ4n) is 2.35. The number of allylic oxidation sites excluding steroid dienone is 4. The Labute approximate surface area is 119 Å². The SMILES string of the molecule is CCOc1cc(C2=CCCC=C2)n(-c2ccccc2)n1. The maximum Gasteiger partial charge on any atom is 0.233 e. The third-order valence-electron chi connectivity index (χ3n) is 3.27. The van der Waals surface area contributed by atoms with Crippen molar-refractivity contribution in [3.63, 3.8) is 0 Å². The first-order valence-corrected chi connectivity index (χ1v) is 7.04. The van der Waals surface area contributed by atoms with Crippen LogP contribution in [0.1, 0.15) is 25.5 Å². The van der Waals surface area contributed by atoms with Crippen molar-refractivity contribution in [2.75, 3.05) is 6.61 Å². The molecule has 1 aliphatic rings. The maximum atomic E-state index is 5.56. The van der Waals surface area contributed by atoms with Gasteiger partial charge in [-0.3, -0.25) is 0 Å². The molecule has 20 heavy (non-hydrogen) atoms. The average molecular weight is 266 g/mol. The highest BCUT2D eigenvalue weighted by Crippen LogP contribution is 2.27. The number of para-hydroxylation sites is 1. The van der Waals surface area contributed by atoms with Gasteiger partial charge >= 0.3 is 0 Å². The summed E-state index contributed by atoms with van der Waals surface area (Å²) in [7, 11) is 0. The largest absolute Gasteiger partial charge is 0.477 e. The lowest BCUT2D eigenvalue weighted by Crippen LogP contribution is -2.02. The van der Waals surface area contributed by atoms with Gasteiger partial charge < -0.3 is 4.74 Å². The number of rotatable bonds is 4. The third kappa shape index (κ3) is 2.52. The van der Waals surface area contributed by atoms with Gasteiger partial charge in [0, 0.05) is 6.07 Å². The summed E-state index contributed by atoms with van der Waals surface area (Å²) in [4.78, 5) is 0. The molecule has 102 valence electrons. The predicted molar refractivity (Wildman–Crippen MR) is 81.1 cm³/mol. The van der Waals surface area contributed by atoms with Gasteiger partial charge in [0.25, 0.3) is 0 Å². The van der Waals surface area contributed by atoms with Crippen LogP contribution in [0.25, 0.3) is 11.3 Å². The van der Waals surface area contributed by atoms with E-state index in [1.54, 1.807) is 0 Å². The molecule has 0 unspecified atom stereocenters. The van der Waals surface area contributed by atoms with Crippen LogP contribution in [0.4, 0.5) is 0 Å². The Morgan fingerprint density at radius 1 is 1.20 bits per heavy atom. The summed E-state index contributed by atoms with van der Waals surface area (Å²) in [6, 6.07) is 12.2. The highest BCUT2D eigenvalue weighted by Gasteiger charge is 2.13. The van der Waals surface area contributed by atoms with Gasteiger partial charge in [-0.05, 0) is 37.5 Å². The van der Waals surface area contributed by atoms with E-state index in [9.17, 15) is 0 Å². The zero-order chi connectivity index (χ0) is 13.8. The minimum absolute atomic E-state index is 0.625. The van der Waals surface area contributed by atoms with Crippen LogP contribution >= 0.6 is 0 Å². The standard InChI is InChI=1S/C17H18N2O/c1-2-20-17-13-16(14-9-5-3-6-10-14)19(18-17)15-11-7-4-8-12-15/h4-5,7-13H,2-3,6H2,1H3. The molecule has 0 saturated carbocycles. The summed E-state index contributed by atoms with van der Waals surface area (Å²) < 4.78 is 7.51. The normalized spacial score (nSPS) is 14.2. The van der Waals surface area contributed by atoms with Crippen molar-refractivity contribution in [2.24, 2.45) is 0 Å². The zero-order valence-electron chi connectivity index (χ0n) is 11.6. The van der Waals surface area contributed by atoms with Crippen LogP contribution in [0.5, 0.6) is 5.88 Å². The van der Waals surface area contributed by atoms with E-state index in [0.29, 0.717) is 12.5 Å². The molecule has 0 spiro atoms. The van der Waals surface area contributed by atoms with Crippen molar-refractivity contribution in [1.29, 1.82) is 0 Å². The van der Waals surface area contributed by atoms with Crippen LogP contribution in [-0.4, -0.2) is 16.4 Å². The lowest BCUT2D eigenvalue weighted by atomic mass is 10.0. The van der Waals surface area contributed by atoms with Gasteiger partial charge in [-0.25, -0.2) is 4.68 Å². The molecule has 3 heteroatoms. The number of ether oxygens (including phenoxy) is 1. The second kappa shape index (κ2) is 5.78. The van der Waals surface area contributed by atoms with Gasteiger partial charge in [-0.1, -0.05) is 36.4 Å². The molecule has 0 aliphatic heterocycles. The summed E-state index contributed by atoms with van der Waals surface area (Å²) in [5.41, 5.74) is 3.34. The van der Waals surface area contributed by atoms with E-state index in [0.717, 1.165) is 24.2 Å². The minimum atomic E-state index is 0.625.